The quantitative estimate of drug-likeness (QED) is 0.227. The normalized spacial score (nSPS) is 11.7. The van der Waals surface area contributed by atoms with Gasteiger partial charge in [-0.05, 0) is 109 Å². The van der Waals surface area contributed by atoms with Crippen molar-refractivity contribution in [3.05, 3.63) is 188 Å². The molecule has 0 radical (unpaired) electrons. The number of hydrogen-bond donors (Lipinski definition) is 0. The molecule has 10 aromatic carbocycles. The maximum Gasteiger partial charge on any atom is 0.141 e. The van der Waals surface area contributed by atoms with E-state index in [1.54, 1.807) is 0 Å². The molecular formula is C58H45B7N2. The SMILES string of the molecule is Bc1c(B)c(B)c2c(c1B)c1c(B)c(-c3ccc4c(c3)c3cc(-c5cccc6ccccc56)ccc3n4-c3ccc(-c4ccccc4)cc3)c(B)c(B)c1n2-c1ccc(-c2ccccc2)cc1. The predicted octanol–water partition coefficient (Wildman–Crippen LogP) is 3.51. The topological polar surface area (TPSA) is 9.86 Å². The smallest absolute Gasteiger partial charge is 0.141 e. The van der Waals surface area contributed by atoms with Crippen molar-refractivity contribution in [3.8, 4) is 55.9 Å². The zero-order valence-electron chi connectivity index (χ0n) is 39.3. The molecule has 2 nitrogen and oxygen atoms in total. The van der Waals surface area contributed by atoms with Gasteiger partial charge in [0.25, 0.3) is 0 Å². The lowest BCUT2D eigenvalue weighted by molar-refractivity contribution is 1.18. The first kappa shape index (κ1) is 41.0. The van der Waals surface area contributed by atoms with E-state index in [1.165, 1.54) is 143 Å². The van der Waals surface area contributed by atoms with E-state index in [-0.39, 0.29) is 0 Å². The number of fused-ring (bicyclic) bond motifs is 7. The van der Waals surface area contributed by atoms with E-state index in [0.717, 1.165) is 5.69 Å². The zero-order chi connectivity index (χ0) is 45.7. The van der Waals surface area contributed by atoms with Crippen molar-refractivity contribution in [2.75, 3.05) is 0 Å². The second kappa shape index (κ2) is 15.8. The Morgan fingerprint density at radius 1 is 0.284 bits per heavy atom. The van der Waals surface area contributed by atoms with Crippen LogP contribution < -0.4 is 38.2 Å². The minimum atomic E-state index is 1.15. The van der Waals surface area contributed by atoms with Crippen molar-refractivity contribution in [3.63, 3.8) is 0 Å². The molecule has 0 bridgehead atoms. The first-order valence-corrected chi connectivity index (χ1v) is 23.6. The van der Waals surface area contributed by atoms with Crippen LogP contribution >= 0.6 is 0 Å². The Bertz CT molecular complexity index is 3960. The fourth-order valence-corrected chi connectivity index (χ4v) is 11.4. The summed E-state index contributed by atoms with van der Waals surface area (Å²) in [6, 6.07) is 69.3. The molecule has 0 unspecified atom stereocenters. The van der Waals surface area contributed by atoms with Gasteiger partial charge in [-0.2, -0.15) is 0 Å². The van der Waals surface area contributed by atoms with E-state index < -0.39 is 0 Å². The van der Waals surface area contributed by atoms with Gasteiger partial charge in [0.15, 0.2) is 0 Å². The monoisotopic (exact) mass is 846 g/mol. The Morgan fingerprint density at radius 3 is 1.34 bits per heavy atom. The van der Waals surface area contributed by atoms with Crippen LogP contribution in [0.4, 0.5) is 0 Å². The summed E-state index contributed by atoms with van der Waals surface area (Å²) in [6.07, 6.45) is 0. The Labute approximate surface area is 398 Å². The second-order valence-corrected chi connectivity index (χ2v) is 18.7. The van der Waals surface area contributed by atoms with Gasteiger partial charge in [0.2, 0.25) is 0 Å². The summed E-state index contributed by atoms with van der Waals surface area (Å²) >= 11 is 0. The second-order valence-electron chi connectivity index (χ2n) is 18.7. The Balaban J connectivity index is 1.11. The maximum absolute atomic E-state index is 2.57. The standard InChI is InChI=1S/C58H45B7N2/c59-50-47(51(60)55(64)57-48(50)49-52(61)53(62)54(63)56(65)58(49)67(57)40-26-20-35(21-27-40)33-12-5-2-6-13-33)38-23-29-46-44(31-38)43-30-37(42-17-9-15-36-14-7-8-16-41(36)42)22-28-45(43)66(46)39-24-18-34(19-25-39)32-10-3-1-4-11-32/h1-31H,59-65H2. The van der Waals surface area contributed by atoms with Gasteiger partial charge in [0.05, 0.1) is 11.0 Å². The van der Waals surface area contributed by atoms with Crippen molar-refractivity contribution in [2.24, 2.45) is 0 Å². The molecule has 0 fully saturated rings. The van der Waals surface area contributed by atoms with Crippen LogP contribution in [0.1, 0.15) is 0 Å². The van der Waals surface area contributed by atoms with Gasteiger partial charge in [-0.1, -0.05) is 172 Å². The lowest BCUT2D eigenvalue weighted by Gasteiger charge is -2.19. The van der Waals surface area contributed by atoms with Gasteiger partial charge < -0.3 is 9.13 Å². The third-order valence-electron chi connectivity index (χ3n) is 15.3. The minimum absolute atomic E-state index is 1.15. The molecule has 9 heteroatoms. The highest BCUT2D eigenvalue weighted by Gasteiger charge is 2.25. The van der Waals surface area contributed by atoms with E-state index in [0.29, 0.717) is 0 Å². The molecule has 0 atom stereocenters. The molecule has 0 N–H and O–H groups in total. The molecule has 2 heterocycles. The number of benzene rings is 10. The van der Waals surface area contributed by atoms with Crippen LogP contribution in [0.2, 0.25) is 0 Å². The van der Waals surface area contributed by atoms with Crippen LogP contribution in [0.3, 0.4) is 0 Å². The van der Waals surface area contributed by atoms with Crippen molar-refractivity contribution in [1.29, 1.82) is 0 Å². The van der Waals surface area contributed by atoms with Crippen LogP contribution in [-0.4, -0.2) is 64.1 Å². The van der Waals surface area contributed by atoms with E-state index in [9.17, 15) is 0 Å². The predicted molar refractivity (Wildman–Crippen MR) is 312 cm³/mol. The molecule has 0 aliphatic rings. The van der Waals surface area contributed by atoms with Gasteiger partial charge in [-0.25, -0.2) is 0 Å². The number of aromatic nitrogens is 2. The van der Waals surface area contributed by atoms with E-state index in [2.05, 4.69) is 252 Å². The van der Waals surface area contributed by atoms with Crippen LogP contribution in [0.5, 0.6) is 0 Å². The Morgan fingerprint density at radius 2 is 0.731 bits per heavy atom. The van der Waals surface area contributed by atoms with Gasteiger partial charge in [0, 0.05) is 38.6 Å². The molecule has 12 aromatic rings. The lowest BCUT2D eigenvalue weighted by atomic mass is 9.64. The first-order valence-electron chi connectivity index (χ1n) is 23.6. The van der Waals surface area contributed by atoms with Gasteiger partial charge in [0.1, 0.15) is 54.9 Å². The molecule has 308 valence electrons. The van der Waals surface area contributed by atoms with Gasteiger partial charge in [-0.15, -0.1) is 5.46 Å². The fourth-order valence-electron chi connectivity index (χ4n) is 11.4. The average Bonchev–Trinajstić information content (AvgIpc) is 3.91. The van der Waals surface area contributed by atoms with Gasteiger partial charge in [-0.3, -0.25) is 0 Å². The van der Waals surface area contributed by atoms with Gasteiger partial charge >= 0.3 is 0 Å². The van der Waals surface area contributed by atoms with Crippen molar-refractivity contribution in [1.82, 2.24) is 9.13 Å². The molecule has 0 saturated carbocycles. The summed E-state index contributed by atoms with van der Waals surface area (Å²) in [4.78, 5) is 0. The highest BCUT2D eigenvalue weighted by atomic mass is 15.0. The molecule has 0 spiro atoms. The van der Waals surface area contributed by atoms with Crippen LogP contribution in [0.15, 0.2) is 188 Å². The molecule has 0 aliphatic heterocycles. The third-order valence-corrected chi connectivity index (χ3v) is 15.3. The first-order chi connectivity index (χ1) is 32.7. The summed E-state index contributed by atoms with van der Waals surface area (Å²) in [5.41, 5.74) is 26.6. The van der Waals surface area contributed by atoms with E-state index in [1.807, 2.05) is 0 Å². The number of nitrogens with zero attached hydrogens (tertiary/aromatic N) is 2. The largest absolute Gasteiger partial charge is 0.310 e. The Hall–Kier alpha value is -7.49. The van der Waals surface area contributed by atoms with Crippen molar-refractivity contribution in [2.45, 2.75) is 0 Å². The molecule has 12 rings (SSSR count). The summed E-state index contributed by atoms with van der Waals surface area (Å²) < 4.78 is 5.03. The van der Waals surface area contributed by atoms with Crippen molar-refractivity contribution >= 4 is 148 Å². The fraction of sp³-hybridized carbons (Fsp3) is 0. The number of rotatable bonds is 6. The maximum atomic E-state index is 2.57. The number of hydrogen-bond acceptors (Lipinski definition) is 0. The highest BCUT2D eigenvalue weighted by Crippen LogP contribution is 2.39. The molecule has 0 amide bonds. The van der Waals surface area contributed by atoms with Crippen LogP contribution in [-0.2, 0) is 0 Å². The zero-order valence-corrected chi connectivity index (χ0v) is 39.3. The van der Waals surface area contributed by atoms with Crippen LogP contribution in [0, 0.1) is 0 Å². The lowest BCUT2D eigenvalue weighted by Crippen LogP contribution is -2.48. The average molecular weight is 846 g/mol. The summed E-state index contributed by atoms with van der Waals surface area (Å²) in [5.74, 6) is 0. The molecular weight excluding hydrogens is 800 g/mol. The Kier molecular flexibility index (Phi) is 9.69. The van der Waals surface area contributed by atoms with Crippen LogP contribution in [0.25, 0.3) is 110 Å². The third kappa shape index (κ3) is 6.35. The van der Waals surface area contributed by atoms with Crippen molar-refractivity contribution < 1.29 is 0 Å². The molecule has 2 aromatic heterocycles. The summed E-state index contributed by atoms with van der Waals surface area (Å²) in [5, 5.41) is 7.72. The summed E-state index contributed by atoms with van der Waals surface area (Å²) in [6.45, 7) is 0. The molecule has 0 aliphatic carbocycles. The molecule has 0 saturated heterocycles. The molecule has 67 heavy (non-hydrogen) atoms. The summed E-state index contributed by atoms with van der Waals surface area (Å²) in [7, 11) is 16.3. The van der Waals surface area contributed by atoms with E-state index in [4.69, 9.17) is 0 Å². The minimum Gasteiger partial charge on any atom is -0.310 e. The highest BCUT2D eigenvalue weighted by molar-refractivity contribution is 6.69. The van der Waals surface area contributed by atoms with E-state index >= 15 is 0 Å².